The van der Waals surface area contributed by atoms with Gasteiger partial charge in [0.15, 0.2) is 0 Å². The van der Waals surface area contributed by atoms with E-state index in [9.17, 15) is 13.2 Å². The second-order valence-corrected chi connectivity index (χ2v) is 3.87. The van der Waals surface area contributed by atoms with Gasteiger partial charge in [-0.1, -0.05) is 11.6 Å². The Morgan fingerprint density at radius 2 is 1.95 bits per heavy atom. The summed E-state index contributed by atoms with van der Waals surface area (Å²) in [5.41, 5.74) is 0.429. The molecule has 0 saturated heterocycles. The van der Waals surface area contributed by atoms with E-state index in [2.05, 4.69) is 15.0 Å². The minimum Gasteiger partial charge on any atom is -0.481 e. The molecule has 0 bridgehead atoms. The molecule has 2 aromatic rings. The fourth-order valence-electron chi connectivity index (χ4n) is 1.34. The van der Waals surface area contributed by atoms with Crippen molar-refractivity contribution in [1.29, 1.82) is 0 Å². The van der Waals surface area contributed by atoms with Crippen molar-refractivity contribution in [2.24, 2.45) is 0 Å². The van der Waals surface area contributed by atoms with Crippen LogP contribution in [0.4, 0.5) is 13.2 Å². The van der Waals surface area contributed by atoms with Gasteiger partial charge in [-0.05, 0) is 6.07 Å². The Morgan fingerprint density at radius 3 is 2.47 bits per heavy atom. The van der Waals surface area contributed by atoms with Crippen LogP contribution in [-0.4, -0.2) is 22.1 Å². The monoisotopic (exact) mass is 289 g/mol. The predicted octanol–water partition coefficient (Wildman–Crippen LogP) is 3.22. The summed E-state index contributed by atoms with van der Waals surface area (Å²) >= 11 is 5.57. The molecule has 0 fully saturated rings. The fraction of sp³-hybridized carbons (Fsp3) is 0.182. The zero-order valence-electron chi connectivity index (χ0n) is 9.57. The first-order valence-electron chi connectivity index (χ1n) is 5.02. The Morgan fingerprint density at radius 1 is 1.21 bits per heavy atom. The van der Waals surface area contributed by atoms with E-state index in [0.29, 0.717) is 11.4 Å². The van der Waals surface area contributed by atoms with Crippen LogP contribution in [-0.2, 0) is 6.18 Å². The highest BCUT2D eigenvalue weighted by Gasteiger charge is 2.35. The van der Waals surface area contributed by atoms with E-state index >= 15 is 0 Å². The number of pyridine rings is 1. The first kappa shape index (κ1) is 13.5. The molecule has 0 unspecified atom stereocenters. The highest BCUT2D eigenvalue weighted by Crippen LogP contribution is 2.29. The maximum absolute atomic E-state index is 12.6. The van der Waals surface area contributed by atoms with Crippen molar-refractivity contribution in [3.05, 3.63) is 35.4 Å². The Kier molecular flexibility index (Phi) is 3.57. The first-order chi connectivity index (χ1) is 8.90. The normalized spacial score (nSPS) is 11.4. The van der Waals surface area contributed by atoms with Gasteiger partial charge in [0, 0.05) is 23.9 Å². The van der Waals surface area contributed by atoms with Gasteiger partial charge in [0.1, 0.15) is 5.15 Å². The molecule has 0 aliphatic heterocycles. The van der Waals surface area contributed by atoms with Gasteiger partial charge in [-0.2, -0.15) is 13.2 Å². The maximum Gasteiger partial charge on any atom is 0.451 e. The molecule has 0 aliphatic rings. The summed E-state index contributed by atoms with van der Waals surface area (Å²) in [6.07, 6.45) is -3.31. The SMILES string of the molecule is COc1ccc(-c2cc(Cl)nc(C(F)(F)F)n2)cn1. The van der Waals surface area contributed by atoms with Crippen LogP contribution in [0.25, 0.3) is 11.3 Å². The molecule has 2 heterocycles. The van der Waals surface area contributed by atoms with Crippen LogP contribution in [0, 0.1) is 0 Å². The summed E-state index contributed by atoms with van der Waals surface area (Å²) in [4.78, 5) is 10.5. The van der Waals surface area contributed by atoms with E-state index in [1.165, 1.54) is 31.5 Å². The topological polar surface area (TPSA) is 47.9 Å². The van der Waals surface area contributed by atoms with E-state index < -0.39 is 12.0 Å². The molecule has 0 atom stereocenters. The van der Waals surface area contributed by atoms with Gasteiger partial charge < -0.3 is 4.74 Å². The Balaban J connectivity index is 2.46. The van der Waals surface area contributed by atoms with Gasteiger partial charge in [0.25, 0.3) is 0 Å². The molecule has 0 spiro atoms. The average Bonchev–Trinajstić information content (AvgIpc) is 2.37. The third-order valence-corrected chi connectivity index (χ3v) is 2.38. The number of hydrogen-bond acceptors (Lipinski definition) is 4. The lowest BCUT2D eigenvalue weighted by Crippen LogP contribution is -2.11. The molecule has 0 saturated carbocycles. The minimum atomic E-state index is -4.65. The molecule has 4 nitrogen and oxygen atoms in total. The number of aromatic nitrogens is 3. The Hall–Kier alpha value is -1.89. The quantitative estimate of drug-likeness (QED) is 0.797. The van der Waals surface area contributed by atoms with Crippen molar-refractivity contribution in [2.75, 3.05) is 7.11 Å². The van der Waals surface area contributed by atoms with Crippen molar-refractivity contribution in [1.82, 2.24) is 15.0 Å². The van der Waals surface area contributed by atoms with Crippen molar-refractivity contribution >= 4 is 11.6 Å². The lowest BCUT2D eigenvalue weighted by atomic mass is 10.2. The van der Waals surface area contributed by atoms with Gasteiger partial charge in [0.2, 0.25) is 11.7 Å². The summed E-state index contributed by atoms with van der Waals surface area (Å²) in [5.74, 6) is -0.939. The van der Waals surface area contributed by atoms with Gasteiger partial charge in [-0.15, -0.1) is 0 Å². The number of ether oxygens (including phenoxy) is 1. The summed E-state index contributed by atoms with van der Waals surface area (Å²) in [5, 5.41) is -0.284. The summed E-state index contributed by atoms with van der Waals surface area (Å²) in [6, 6.07) is 4.28. The zero-order chi connectivity index (χ0) is 14.0. The van der Waals surface area contributed by atoms with Gasteiger partial charge in [-0.25, -0.2) is 15.0 Å². The maximum atomic E-state index is 12.6. The summed E-state index contributed by atoms with van der Waals surface area (Å²) in [7, 11) is 1.44. The molecular formula is C11H7ClF3N3O. The standard InChI is InChI=1S/C11H7ClF3N3O/c1-19-9-3-2-6(5-16-9)7-4-8(12)18-10(17-7)11(13,14)15/h2-5H,1H3. The smallest absolute Gasteiger partial charge is 0.451 e. The molecular weight excluding hydrogens is 283 g/mol. The number of halogens is 4. The lowest BCUT2D eigenvalue weighted by Gasteiger charge is -2.08. The fourth-order valence-corrected chi connectivity index (χ4v) is 1.53. The predicted molar refractivity (Wildman–Crippen MR) is 61.8 cm³/mol. The first-order valence-corrected chi connectivity index (χ1v) is 5.40. The van der Waals surface area contributed by atoms with Crippen LogP contribution >= 0.6 is 11.6 Å². The molecule has 0 aromatic carbocycles. The number of hydrogen-bond donors (Lipinski definition) is 0. The van der Waals surface area contributed by atoms with Crippen molar-refractivity contribution in [2.45, 2.75) is 6.18 Å². The number of rotatable bonds is 2. The highest BCUT2D eigenvalue weighted by molar-refractivity contribution is 6.29. The molecule has 0 aliphatic carbocycles. The highest BCUT2D eigenvalue weighted by atomic mass is 35.5. The van der Waals surface area contributed by atoms with Gasteiger partial charge in [-0.3, -0.25) is 0 Å². The van der Waals surface area contributed by atoms with Crippen molar-refractivity contribution < 1.29 is 17.9 Å². The van der Waals surface area contributed by atoms with Crippen LogP contribution < -0.4 is 4.74 Å². The van der Waals surface area contributed by atoms with Crippen LogP contribution in [0.3, 0.4) is 0 Å². The minimum absolute atomic E-state index is 0.0440. The number of methoxy groups -OCH3 is 1. The van der Waals surface area contributed by atoms with Crippen LogP contribution in [0.15, 0.2) is 24.4 Å². The molecule has 0 N–H and O–H groups in total. The summed E-state index contributed by atoms with van der Waals surface area (Å²) in [6.45, 7) is 0. The van der Waals surface area contributed by atoms with E-state index in [4.69, 9.17) is 16.3 Å². The van der Waals surface area contributed by atoms with Crippen LogP contribution in [0.5, 0.6) is 5.88 Å². The average molecular weight is 290 g/mol. The van der Waals surface area contributed by atoms with Crippen molar-refractivity contribution in [3.8, 4) is 17.1 Å². The zero-order valence-corrected chi connectivity index (χ0v) is 10.3. The van der Waals surface area contributed by atoms with Gasteiger partial charge in [0.05, 0.1) is 12.8 Å². The molecule has 0 amide bonds. The largest absolute Gasteiger partial charge is 0.481 e. The molecule has 2 aromatic heterocycles. The second-order valence-electron chi connectivity index (χ2n) is 3.49. The van der Waals surface area contributed by atoms with E-state index in [-0.39, 0.29) is 10.8 Å². The molecule has 100 valence electrons. The van der Waals surface area contributed by atoms with E-state index in [1.807, 2.05) is 0 Å². The number of nitrogens with zero attached hydrogens (tertiary/aromatic N) is 3. The third-order valence-electron chi connectivity index (χ3n) is 2.19. The molecule has 19 heavy (non-hydrogen) atoms. The molecule has 0 radical (unpaired) electrons. The van der Waals surface area contributed by atoms with Crippen molar-refractivity contribution in [3.63, 3.8) is 0 Å². The Labute approximate surface area is 111 Å². The lowest BCUT2D eigenvalue weighted by molar-refractivity contribution is -0.144. The summed E-state index contributed by atoms with van der Waals surface area (Å²) < 4.78 is 42.5. The molecule has 2 rings (SSSR count). The van der Waals surface area contributed by atoms with Crippen LogP contribution in [0.1, 0.15) is 5.82 Å². The third kappa shape index (κ3) is 3.11. The van der Waals surface area contributed by atoms with E-state index in [1.54, 1.807) is 0 Å². The second kappa shape index (κ2) is 5.00. The Bertz CT molecular complexity index is 587. The molecule has 8 heteroatoms. The van der Waals surface area contributed by atoms with Gasteiger partial charge >= 0.3 is 6.18 Å². The van der Waals surface area contributed by atoms with E-state index in [0.717, 1.165) is 0 Å². The van der Waals surface area contributed by atoms with Crippen LogP contribution in [0.2, 0.25) is 5.15 Å². The number of alkyl halides is 3.